The molecule has 9 heteroatoms. The molecule has 2 heterocycles. The van der Waals surface area contributed by atoms with Gasteiger partial charge in [0.15, 0.2) is 11.7 Å². The van der Waals surface area contributed by atoms with Crippen molar-refractivity contribution in [2.24, 2.45) is 0 Å². The second kappa shape index (κ2) is 3.44. The van der Waals surface area contributed by atoms with Gasteiger partial charge in [0, 0.05) is 0 Å². The van der Waals surface area contributed by atoms with Gasteiger partial charge < -0.3 is 5.11 Å². The summed E-state index contributed by atoms with van der Waals surface area (Å²) in [7, 11) is 0. The van der Waals surface area contributed by atoms with Gasteiger partial charge in [-0.3, -0.25) is 0 Å². The van der Waals surface area contributed by atoms with Crippen LogP contribution in [0.15, 0.2) is 6.20 Å². The molecule has 2 aromatic heterocycles. The maximum Gasteiger partial charge on any atom is 0.328 e. The molecule has 0 aliphatic carbocycles. The van der Waals surface area contributed by atoms with Gasteiger partial charge in [0.05, 0.1) is 6.20 Å². The Labute approximate surface area is 83.1 Å². The molecule has 0 aliphatic rings. The Bertz CT molecular complexity index is 462. The minimum atomic E-state index is -1.02. The van der Waals surface area contributed by atoms with Gasteiger partial charge in [-0.15, -0.1) is 5.10 Å². The summed E-state index contributed by atoms with van der Waals surface area (Å²) < 4.78 is 1.17. The van der Waals surface area contributed by atoms with Crippen LogP contribution < -0.4 is 0 Å². The van der Waals surface area contributed by atoms with Gasteiger partial charge in [-0.05, 0) is 17.4 Å². The Morgan fingerprint density at radius 3 is 3.07 bits per heavy atom. The second-order valence-electron chi connectivity index (χ2n) is 2.82. The first-order valence-electron chi connectivity index (χ1n) is 4.07. The highest BCUT2D eigenvalue weighted by molar-refractivity contribution is 5.72. The average molecular weight is 209 g/mol. The number of aliphatic carboxylic acids is 1. The molecule has 2 rings (SSSR count). The third kappa shape index (κ3) is 1.54. The van der Waals surface area contributed by atoms with Crippen LogP contribution in [0.4, 0.5) is 0 Å². The smallest absolute Gasteiger partial charge is 0.328 e. The molecule has 2 N–H and O–H groups in total. The Morgan fingerprint density at radius 2 is 2.47 bits per heavy atom. The minimum absolute atomic E-state index is 0.263. The molecule has 15 heavy (non-hydrogen) atoms. The molecule has 0 aromatic carbocycles. The number of aromatic amines is 1. The number of carboxylic acid groups (broad SMARTS) is 1. The van der Waals surface area contributed by atoms with Crippen molar-refractivity contribution in [2.45, 2.75) is 13.0 Å². The first kappa shape index (κ1) is 9.24. The van der Waals surface area contributed by atoms with Crippen LogP contribution in [0, 0.1) is 0 Å². The average Bonchev–Trinajstić information content (AvgIpc) is 2.86. The number of carboxylic acids is 1. The van der Waals surface area contributed by atoms with E-state index in [9.17, 15) is 4.79 Å². The van der Waals surface area contributed by atoms with Gasteiger partial charge in [0.1, 0.15) is 0 Å². The summed E-state index contributed by atoms with van der Waals surface area (Å²) in [4.78, 5) is 10.8. The van der Waals surface area contributed by atoms with Gasteiger partial charge >= 0.3 is 5.97 Å². The molecule has 2 aromatic rings. The van der Waals surface area contributed by atoms with Crippen molar-refractivity contribution >= 4 is 5.97 Å². The van der Waals surface area contributed by atoms with Crippen molar-refractivity contribution in [3.63, 3.8) is 0 Å². The number of H-pyrrole nitrogens is 1. The Morgan fingerprint density at radius 1 is 1.67 bits per heavy atom. The van der Waals surface area contributed by atoms with Gasteiger partial charge in [-0.2, -0.15) is 15.4 Å². The zero-order valence-electron chi connectivity index (χ0n) is 7.69. The largest absolute Gasteiger partial charge is 0.480 e. The van der Waals surface area contributed by atoms with E-state index in [1.54, 1.807) is 0 Å². The molecule has 0 saturated carbocycles. The van der Waals surface area contributed by atoms with E-state index < -0.39 is 12.0 Å². The fourth-order valence-corrected chi connectivity index (χ4v) is 1.04. The number of rotatable bonds is 3. The van der Waals surface area contributed by atoms with E-state index >= 15 is 0 Å². The van der Waals surface area contributed by atoms with Gasteiger partial charge in [-0.1, -0.05) is 0 Å². The lowest BCUT2D eigenvalue weighted by Gasteiger charge is -2.06. The third-order valence-electron chi connectivity index (χ3n) is 1.86. The van der Waals surface area contributed by atoms with Crippen LogP contribution in [0.25, 0.3) is 11.5 Å². The summed E-state index contributed by atoms with van der Waals surface area (Å²) in [5.41, 5.74) is 0.396. The maximum absolute atomic E-state index is 10.8. The Kier molecular flexibility index (Phi) is 2.12. The SMILES string of the molecule is CC(C(=O)O)n1nnnc1-c1cn[nH]n1. The van der Waals surface area contributed by atoms with E-state index in [1.165, 1.54) is 17.8 Å². The molecule has 1 unspecified atom stereocenters. The van der Waals surface area contributed by atoms with Crippen LogP contribution in [0.1, 0.15) is 13.0 Å². The summed E-state index contributed by atoms with van der Waals surface area (Å²) in [6.45, 7) is 1.47. The van der Waals surface area contributed by atoms with Crippen LogP contribution in [0.3, 0.4) is 0 Å². The highest BCUT2D eigenvalue weighted by atomic mass is 16.4. The van der Waals surface area contributed by atoms with Crippen LogP contribution in [-0.4, -0.2) is 46.7 Å². The molecular weight excluding hydrogens is 202 g/mol. The summed E-state index contributed by atoms with van der Waals surface area (Å²) >= 11 is 0. The first-order chi connectivity index (χ1) is 7.20. The number of carbonyl (C=O) groups is 1. The van der Waals surface area contributed by atoms with Gasteiger partial charge in [-0.25, -0.2) is 9.48 Å². The fraction of sp³-hybridized carbons (Fsp3) is 0.333. The van der Waals surface area contributed by atoms with Crippen LogP contribution in [-0.2, 0) is 4.79 Å². The van der Waals surface area contributed by atoms with E-state index in [-0.39, 0.29) is 5.82 Å². The molecule has 0 saturated heterocycles. The highest BCUT2D eigenvalue weighted by Gasteiger charge is 2.21. The molecule has 0 radical (unpaired) electrons. The topological polar surface area (TPSA) is 122 Å². The van der Waals surface area contributed by atoms with E-state index in [4.69, 9.17) is 5.11 Å². The van der Waals surface area contributed by atoms with Crippen LogP contribution in [0.5, 0.6) is 0 Å². The van der Waals surface area contributed by atoms with Crippen molar-refractivity contribution in [3.05, 3.63) is 6.20 Å². The number of nitrogens with zero attached hydrogens (tertiary/aromatic N) is 6. The maximum atomic E-state index is 10.8. The van der Waals surface area contributed by atoms with Crippen molar-refractivity contribution in [2.75, 3.05) is 0 Å². The molecule has 0 aliphatic heterocycles. The number of hydrogen-bond donors (Lipinski definition) is 2. The van der Waals surface area contributed by atoms with E-state index in [0.717, 1.165) is 0 Å². The quantitative estimate of drug-likeness (QED) is 0.671. The standard InChI is InChI=1S/C6H7N7O2/c1-3(6(14)15)13-5(9-11-12-13)4-2-7-10-8-4/h2-3H,1H3,(H,14,15)(H,7,8,10). The Hall–Kier alpha value is -2.32. The predicted octanol–water partition coefficient (Wildman–Crippen LogP) is -0.896. The van der Waals surface area contributed by atoms with Gasteiger partial charge in [0.2, 0.25) is 5.82 Å². The molecule has 78 valence electrons. The summed E-state index contributed by atoms with van der Waals surface area (Å²) in [6, 6.07) is -0.855. The Balaban J connectivity index is 2.43. The van der Waals surface area contributed by atoms with Crippen molar-refractivity contribution in [1.29, 1.82) is 0 Å². The fourth-order valence-electron chi connectivity index (χ4n) is 1.04. The molecule has 0 amide bonds. The van der Waals surface area contributed by atoms with Crippen molar-refractivity contribution < 1.29 is 9.90 Å². The molecule has 0 spiro atoms. The minimum Gasteiger partial charge on any atom is -0.480 e. The second-order valence-corrected chi connectivity index (χ2v) is 2.82. The first-order valence-corrected chi connectivity index (χ1v) is 4.07. The summed E-state index contributed by atoms with van der Waals surface area (Å²) in [5, 5.41) is 29.2. The monoisotopic (exact) mass is 209 g/mol. The molecule has 0 fully saturated rings. The zero-order chi connectivity index (χ0) is 10.8. The van der Waals surface area contributed by atoms with Gasteiger partial charge in [0.25, 0.3) is 0 Å². The van der Waals surface area contributed by atoms with Crippen LogP contribution in [0.2, 0.25) is 0 Å². The van der Waals surface area contributed by atoms with E-state index in [1.807, 2.05) is 0 Å². The lowest BCUT2D eigenvalue weighted by Crippen LogP contribution is -2.18. The third-order valence-corrected chi connectivity index (χ3v) is 1.86. The molecule has 1 atom stereocenters. The highest BCUT2D eigenvalue weighted by Crippen LogP contribution is 2.14. The normalized spacial score (nSPS) is 12.6. The number of tetrazole rings is 1. The molecule has 9 nitrogen and oxygen atoms in total. The summed E-state index contributed by atoms with van der Waals surface area (Å²) in [5.74, 6) is -0.759. The zero-order valence-corrected chi connectivity index (χ0v) is 7.69. The summed E-state index contributed by atoms with van der Waals surface area (Å²) in [6.07, 6.45) is 1.41. The number of hydrogen-bond acceptors (Lipinski definition) is 6. The van der Waals surface area contributed by atoms with Crippen molar-refractivity contribution in [1.82, 2.24) is 35.6 Å². The number of nitrogens with one attached hydrogen (secondary N) is 1. The number of aromatic nitrogens is 7. The van der Waals surface area contributed by atoms with E-state index in [2.05, 4.69) is 30.9 Å². The lowest BCUT2D eigenvalue weighted by molar-refractivity contribution is -0.140. The van der Waals surface area contributed by atoms with E-state index in [0.29, 0.717) is 5.69 Å². The molecule has 0 bridgehead atoms. The predicted molar refractivity (Wildman–Crippen MR) is 45.5 cm³/mol. The van der Waals surface area contributed by atoms with Crippen molar-refractivity contribution in [3.8, 4) is 11.5 Å². The lowest BCUT2D eigenvalue weighted by atomic mass is 10.3. The molecular formula is C6H7N7O2. The van der Waals surface area contributed by atoms with Crippen LogP contribution >= 0.6 is 0 Å².